The van der Waals surface area contributed by atoms with Gasteiger partial charge >= 0.3 is 0 Å². The van der Waals surface area contributed by atoms with Gasteiger partial charge in [0, 0.05) is 41.3 Å². The molecule has 4 heterocycles. The van der Waals surface area contributed by atoms with E-state index in [4.69, 9.17) is 17.3 Å². The summed E-state index contributed by atoms with van der Waals surface area (Å²) in [7, 11) is 0. The molecule has 1 aliphatic heterocycles. The van der Waals surface area contributed by atoms with Crippen LogP contribution in [0.1, 0.15) is 80.6 Å². The smallest absolute Gasteiger partial charge is 0.264 e. The van der Waals surface area contributed by atoms with Crippen molar-refractivity contribution < 1.29 is 14.4 Å². The Morgan fingerprint density at radius 3 is 2.50 bits per heavy atom. The van der Waals surface area contributed by atoms with E-state index in [0.717, 1.165) is 24.0 Å². The summed E-state index contributed by atoms with van der Waals surface area (Å²) < 4.78 is 2.90. The molecule has 2 atom stereocenters. The van der Waals surface area contributed by atoms with Crippen LogP contribution in [0.15, 0.2) is 83.8 Å². The Hall–Kier alpha value is -6.01. The van der Waals surface area contributed by atoms with Crippen LogP contribution < -0.4 is 21.9 Å². The highest BCUT2D eigenvalue weighted by atomic mass is 35.5. The number of hydrogen-bond acceptors (Lipinski definition) is 7. The molecular weight excluding hydrogens is 680 g/mol. The molecular formula is C39H35ClN8O4. The van der Waals surface area contributed by atoms with Crippen LogP contribution in [0, 0.1) is 12.8 Å². The molecule has 1 aliphatic carbocycles. The Morgan fingerprint density at radius 1 is 0.981 bits per heavy atom. The number of nitrogens with two attached hydrogens (primary N) is 1. The lowest BCUT2D eigenvalue weighted by Crippen LogP contribution is -2.34. The van der Waals surface area contributed by atoms with Crippen molar-refractivity contribution in [2.24, 2.45) is 5.92 Å². The van der Waals surface area contributed by atoms with Crippen molar-refractivity contribution in [3.63, 3.8) is 0 Å². The number of rotatable bonds is 8. The Balaban J connectivity index is 1.07. The lowest BCUT2D eigenvalue weighted by atomic mass is 10.00. The minimum atomic E-state index is -0.681. The van der Waals surface area contributed by atoms with E-state index >= 15 is 0 Å². The number of hydrogen-bond donors (Lipinski definition) is 3. The zero-order valence-electron chi connectivity index (χ0n) is 28.7. The number of anilines is 2. The molecule has 0 spiro atoms. The Labute approximate surface area is 303 Å². The van der Waals surface area contributed by atoms with Crippen molar-refractivity contribution in [3.05, 3.63) is 128 Å². The maximum Gasteiger partial charge on any atom is 0.264 e. The standard InChI is InChI=1S/C39H35ClN8O4/c1-20-16-25(17-26-19-46(38(51)31(20)26)22(3)23-12-13-23)36(49)44-30-14-15-47-35(43-30)33(34(41)45-47)37(50)42-21(2)29-18-24-8-7-11-28(40)32(24)39(52)48(29)27-9-5-4-6-10-27/h4-11,14-18,21-23H,12-13,19H2,1-3H3,(H2,41,45)(H,42,50)(H,43,44,49)/t21-,22-/m0/s1. The maximum atomic E-state index is 13.9. The number of carbonyl (C=O) groups excluding carboxylic acids is 3. The molecule has 3 aromatic heterocycles. The molecule has 0 unspecified atom stereocenters. The third-order valence-electron chi connectivity index (χ3n) is 10.1. The fourth-order valence-electron chi connectivity index (χ4n) is 7.25. The van der Waals surface area contributed by atoms with Crippen LogP contribution in [0.4, 0.5) is 11.6 Å². The Kier molecular flexibility index (Phi) is 8.06. The van der Waals surface area contributed by atoms with Gasteiger partial charge in [0.25, 0.3) is 23.3 Å². The number of aryl methyl sites for hydroxylation is 1. The van der Waals surface area contributed by atoms with E-state index in [1.807, 2.05) is 36.1 Å². The first kappa shape index (κ1) is 33.2. The number of aromatic nitrogens is 4. The van der Waals surface area contributed by atoms with Crippen molar-refractivity contribution in [2.45, 2.75) is 52.2 Å². The van der Waals surface area contributed by atoms with Gasteiger partial charge in [-0.1, -0.05) is 41.9 Å². The topological polar surface area (TPSA) is 157 Å². The SMILES string of the molecule is Cc1cc(C(=O)Nc2ccn3nc(N)c(C(=O)N[C@@H](C)c4cc5cccc(Cl)c5c(=O)n4-c4ccccc4)c3n2)cc2c1C(=O)N([C@@H](C)C1CC1)C2. The first-order valence-electron chi connectivity index (χ1n) is 17.1. The summed E-state index contributed by atoms with van der Waals surface area (Å²) in [4.78, 5) is 61.0. The summed E-state index contributed by atoms with van der Waals surface area (Å²) in [5.41, 5.74) is 9.84. The molecule has 8 rings (SSSR count). The highest BCUT2D eigenvalue weighted by molar-refractivity contribution is 6.35. The molecule has 12 nitrogen and oxygen atoms in total. The van der Waals surface area contributed by atoms with E-state index < -0.39 is 17.9 Å². The largest absolute Gasteiger partial charge is 0.381 e. The monoisotopic (exact) mass is 714 g/mol. The number of halogens is 1. The van der Waals surface area contributed by atoms with E-state index in [1.54, 1.807) is 61.7 Å². The fraction of sp³-hybridized carbons (Fsp3) is 0.231. The summed E-state index contributed by atoms with van der Waals surface area (Å²) in [6.45, 7) is 6.17. The number of nitrogens with one attached hydrogen (secondary N) is 2. The molecule has 2 aliphatic rings. The number of carbonyl (C=O) groups is 3. The van der Waals surface area contributed by atoms with Crippen LogP contribution in [-0.4, -0.2) is 47.8 Å². The molecule has 1 fully saturated rings. The average Bonchev–Trinajstić information content (AvgIpc) is 3.84. The van der Waals surface area contributed by atoms with Crippen LogP contribution in [0.3, 0.4) is 0 Å². The number of amides is 3. The predicted molar refractivity (Wildman–Crippen MR) is 199 cm³/mol. The molecule has 0 radical (unpaired) electrons. The zero-order valence-corrected chi connectivity index (χ0v) is 29.4. The van der Waals surface area contributed by atoms with Crippen LogP contribution in [-0.2, 0) is 6.54 Å². The normalized spacial score (nSPS) is 15.2. The van der Waals surface area contributed by atoms with E-state index in [9.17, 15) is 19.2 Å². The summed E-state index contributed by atoms with van der Waals surface area (Å²) in [5.74, 6) is -0.315. The van der Waals surface area contributed by atoms with Gasteiger partial charge < -0.3 is 21.3 Å². The maximum absolute atomic E-state index is 13.9. The van der Waals surface area contributed by atoms with Gasteiger partial charge in [0.1, 0.15) is 11.4 Å². The molecule has 13 heteroatoms. The second kappa shape index (κ2) is 12.6. The lowest BCUT2D eigenvalue weighted by molar-refractivity contribution is 0.0696. The summed E-state index contributed by atoms with van der Waals surface area (Å²) in [6.07, 6.45) is 3.82. The molecule has 6 aromatic rings. The number of fused-ring (bicyclic) bond motifs is 3. The molecule has 262 valence electrons. The minimum absolute atomic E-state index is 0.0113. The van der Waals surface area contributed by atoms with Crippen molar-refractivity contribution in [1.82, 2.24) is 29.4 Å². The number of pyridine rings is 1. The van der Waals surface area contributed by atoms with Crippen molar-refractivity contribution in [3.8, 4) is 5.69 Å². The second-order valence-electron chi connectivity index (χ2n) is 13.6. The number of benzene rings is 3. The Morgan fingerprint density at radius 2 is 1.75 bits per heavy atom. The summed E-state index contributed by atoms with van der Waals surface area (Å²) in [5, 5.41) is 11.4. The van der Waals surface area contributed by atoms with Crippen LogP contribution in [0.5, 0.6) is 0 Å². The predicted octanol–water partition coefficient (Wildman–Crippen LogP) is 6.08. The van der Waals surface area contributed by atoms with Gasteiger partial charge in [0.2, 0.25) is 0 Å². The number of nitrogens with zero attached hydrogens (tertiary/aromatic N) is 5. The quantitative estimate of drug-likeness (QED) is 0.173. The van der Waals surface area contributed by atoms with Gasteiger partial charge in [-0.15, -0.1) is 5.10 Å². The van der Waals surface area contributed by atoms with Crippen LogP contribution in [0.2, 0.25) is 5.02 Å². The Bertz CT molecular complexity index is 2520. The van der Waals surface area contributed by atoms with Crippen molar-refractivity contribution in [2.75, 3.05) is 11.1 Å². The van der Waals surface area contributed by atoms with Crippen LogP contribution >= 0.6 is 11.6 Å². The second-order valence-corrected chi connectivity index (χ2v) is 14.0. The molecule has 52 heavy (non-hydrogen) atoms. The van der Waals surface area contributed by atoms with Gasteiger partial charge in [-0.25, -0.2) is 9.50 Å². The molecule has 0 bridgehead atoms. The van der Waals surface area contributed by atoms with E-state index in [-0.39, 0.29) is 40.4 Å². The molecule has 0 saturated heterocycles. The molecule has 3 amide bonds. The van der Waals surface area contributed by atoms with Gasteiger partial charge in [-0.2, -0.15) is 0 Å². The van der Waals surface area contributed by atoms with Gasteiger partial charge in [0.05, 0.1) is 16.5 Å². The van der Waals surface area contributed by atoms with Gasteiger partial charge in [-0.05, 0) is 98.5 Å². The van der Waals surface area contributed by atoms with E-state index in [0.29, 0.717) is 50.8 Å². The van der Waals surface area contributed by atoms with E-state index in [2.05, 4.69) is 27.6 Å². The highest BCUT2D eigenvalue weighted by Gasteiger charge is 2.39. The fourth-order valence-corrected chi connectivity index (χ4v) is 7.51. The lowest BCUT2D eigenvalue weighted by Gasteiger charge is -2.24. The zero-order chi connectivity index (χ0) is 36.4. The number of para-hydroxylation sites is 1. The van der Waals surface area contributed by atoms with Crippen LogP contribution in [0.25, 0.3) is 22.1 Å². The average molecular weight is 715 g/mol. The van der Waals surface area contributed by atoms with Gasteiger partial charge in [-0.3, -0.25) is 23.7 Å². The van der Waals surface area contributed by atoms with Gasteiger partial charge in [0.15, 0.2) is 11.5 Å². The third-order valence-corrected chi connectivity index (χ3v) is 10.4. The summed E-state index contributed by atoms with van der Waals surface area (Å²) >= 11 is 6.47. The van der Waals surface area contributed by atoms with E-state index in [1.165, 1.54) is 9.08 Å². The first-order valence-corrected chi connectivity index (χ1v) is 17.5. The highest BCUT2D eigenvalue weighted by Crippen LogP contribution is 2.39. The number of nitrogen functional groups attached to an aromatic ring is 1. The van der Waals surface area contributed by atoms with Crippen molar-refractivity contribution in [1.29, 1.82) is 0 Å². The van der Waals surface area contributed by atoms with Crippen molar-refractivity contribution >= 4 is 57.4 Å². The minimum Gasteiger partial charge on any atom is -0.381 e. The third kappa shape index (κ3) is 5.65. The summed E-state index contributed by atoms with van der Waals surface area (Å²) in [6, 6.07) is 20.7. The molecule has 3 aromatic carbocycles. The molecule has 1 saturated carbocycles. The molecule has 4 N–H and O–H groups in total. The first-order chi connectivity index (χ1) is 25.0.